The Kier molecular flexibility index (Phi) is 5.49. The maximum Gasteiger partial charge on any atom is 0.274 e. The number of amides is 1. The zero-order valence-electron chi connectivity index (χ0n) is 15.0. The van der Waals surface area contributed by atoms with Gasteiger partial charge in [0.1, 0.15) is 11.4 Å². The number of halogens is 3. The first kappa shape index (κ1) is 19.2. The second-order valence-corrected chi connectivity index (χ2v) is 5.94. The molecule has 1 amide bonds. The second kappa shape index (κ2) is 7.99. The monoisotopic (exact) mass is 387 g/mol. The first-order valence-corrected chi connectivity index (χ1v) is 8.21. The van der Waals surface area contributed by atoms with Gasteiger partial charge in [-0.15, -0.1) is 0 Å². The highest BCUT2D eigenvalue weighted by Crippen LogP contribution is 2.26. The largest absolute Gasteiger partial charge is 0.495 e. The minimum absolute atomic E-state index is 0.111. The standard InChI is InChI=1S/C20H16F3N3O2/c1-11-3-8-17(28-2)16(9-11)26-20(27)15-6-4-12(10-24-15)25-14-7-5-13(21)18(22)19(14)23/h3-10,25H,1-2H3,(H,26,27). The van der Waals surface area contributed by atoms with Gasteiger partial charge >= 0.3 is 0 Å². The lowest BCUT2D eigenvalue weighted by Crippen LogP contribution is -2.14. The van der Waals surface area contributed by atoms with Crippen LogP contribution < -0.4 is 15.4 Å². The van der Waals surface area contributed by atoms with Crippen molar-refractivity contribution >= 4 is 23.0 Å². The van der Waals surface area contributed by atoms with E-state index in [0.717, 1.165) is 17.7 Å². The van der Waals surface area contributed by atoms with Crippen molar-refractivity contribution in [3.8, 4) is 5.75 Å². The summed E-state index contributed by atoms with van der Waals surface area (Å²) < 4.78 is 45.2. The van der Waals surface area contributed by atoms with E-state index in [4.69, 9.17) is 4.74 Å². The molecule has 0 unspecified atom stereocenters. The second-order valence-electron chi connectivity index (χ2n) is 5.94. The van der Waals surface area contributed by atoms with Gasteiger partial charge in [-0.25, -0.2) is 18.2 Å². The zero-order valence-corrected chi connectivity index (χ0v) is 15.0. The van der Waals surface area contributed by atoms with Crippen LogP contribution >= 0.6 is 0 Å². The van der Waals surface area contributed by atoms with E-state index in [9.17, 15) is 18.0 Å². The average Bonchev–Trinajstić information content (AvgIpc) is 2.69. The first-order chi connectivity index (χ1) is 13.4. The molecule has 0 aliphatic heterocycles. The molecule has 8 heteroatoms. The van der Waals surface area contributed by atoms with Crippen molar-refractivity contribution in [1.82, 2.24) is 4.98 Å². The number of aromatic nitrogens is 1. The molecule has 144 valence electrons. The fourth-order valence-corrected chi connectivity index (χ4v) is 2.49. The number of hydrogen-bond donors (Lipinski definition) is 2. The minimum Gasteiger partial charge on any atom is -0.495 e. The molecule has 2 N–H and O–H groups in total. The number of anilines is 3. The van der Waals surface area contributed by atoms with Crippen LogP contribution in [0.25, 0.3) is 0 Å². The van der Waals surface area contributed by atoms with Gasteiger partial charge in [0.15, 0.2) is 17.5 Å². The number of rotatable bonds is 5. The Morgan fingerprint density at radius 2 is 1.79 bits per heavy atom. The topological polar surface area (TPSA) is 63.2 Å². The maximum absolute atomic E-state index is 13.7. The summed E-state index contributed by atoms with van der Waals surface area (Å²) in [7, 11) is 1.50. The smallest absolute Gasteiger partial charge is 0.274 e. The normalized spacial score (nSPS) is 10.5. The summed E-state index contributed by atoms with van der Waals surface area (Å²) in [4.78, 5) is 16.4. The summed E-state index contributed by atoms with van der Waals surface area (Å²) in [6, 6.07) is 10.1. The third-order valence-corrected chi connectivity index (χ3v) is 3.91. The molecule has 1 heterocycles. The van der Waals surface area contributed by atoms with E-state index in [1.807, 2.05) is 13.0 Å². The Balaban J connectivity index is 1.75. The highest BCUT2D eigenvalue weighted by Gasteiger charge is 2.14. The van der Waals surface area contributed by atoms with E-state index >= 15 is 0 Å². The molecule has 3 aromatic rings. The zero-order chi connectivity index (χ0) is 20.3. The van der Waals surface area contributed by atoms with Crippen molar-refractivity contribution in [3.05, 3.63) is 77.4 Å². The maximum atomic E-state index is 13.7. The van der Waals surface area contributed by atoms with Gasteiger partial charge in [0.2, 0.25) is 0 Å². The van der Waals surface area contributed by atoms with Gasteiger partial charge < -0.3 is 15.4 Å². The predicted octanol–water partition coefficient (Wildman–Crippen LogP) is 4.81. The molecule has 0 spiro atoms. The number of carbonyl (C=O) groups excluding carboxylic acids is 1. The van der Waals surface area contributed by atoms with Gasteiger partial charge in [-0.2, -0.15) is 0 Å². The van der Waals surface area contributed by atoms with Crippen molar-refractivity contribution in [2.24, 2.45) is 0 Å². The van der Waals surface area contributed by atoms with Gasteiger partial charge in [0, 0.05) is 0 Å². The van der Waals surface area contributed by atoms with E-state index in [2.05, 4.69) is 15.6 Å². The number of pyridine rings is 1. The van der Waals surface area contributed by atoms with Crippen LogP contribution in [0.15, 0.2) is 48.7 Å². The fourth-order valence-electron chi connectivity index (χ4n) is 2.49. The summed E-state index contributed by atoms with van der Waals surface area (Å²) in [5.41, 5.74) is 1.61. The molecule has 0 aliphatic rings. The fraction of sp³-hybridized carbons (Fsp3) is 0.100. The average molecular weight is 387 g/mol. The van der Waals surface area contributed by atoms with E-state index in [1.165, 1.54) is 25.4 Å². The Morgan fingerprint density at radius 3 is 2.46 bits per heavy atom. The molecule has 0 fully saturated rings. The molecule has 2 aromatic carbocycles. The van der Waals surface area contributed by atoms with Crippen LogP contribution in [0.3, 0.4) is 0 Å². The van der Waals surface area contributed by atoms with Gasteiger partial charge in [0.25, 0.3) is 5.91 Å². The Bertz CT molecular complexity index is 1020. The van der Waals surface area contributed by atoms with Gasteiger partial charge in [-0.3, -0.25) is 4.79 Å². The lowest BCUT2D eigenvalue weighted by atomic mass is 10.2. The summed E-state index contributed by atoms with van der Waals surface area (Å²) in [5.74, 6) is -4.14. The molecule has 1 aromatic heterocycles. The van der Waals surface area contributed by atoms with Gasteiger partial charge in [-0.05, 0) is 48.9 Å². The summed E-state index contributed by atoms with van der Waals surface area (Å²) >= 11 is 0. The van der Waals surface area contributed by atoms with Crippen LogP contribution in [-0.2, 0) is 0 Å². The molecular formula is C20H16F3N3O2. The quantitative estimate of drug-likeness (QED) is 0.617. The van der Waals surface area contributed by atoms with Crippen LogP contribution in [0.1, 0.15) is 16.1 Å². The molecule has 0 saturated heterocycles. The van der Waals surface area contributed by atoms with Crippen molar-refractivity contribution in [1.29, 1.82) is 0 Å². The number of ether oxygens (including phenoxy) is 1. The molecule has 5 nitrogen and oxygen atoms in total. The number of nitrogens with one attached hydrogen (secondary N) is 2. The van der Waals surface area contributed by atoms with Crippen LogP contribution in [0.5, 0.6) is 5.75 Å². The number of nitrogens with zero attached hydrogens (tertiary/aromatic N) is 1. The van der Waals surface area contributed by atoms with Gasteiger partial charge in [0.05, 0.1) is 30.4 Å². The summed E-state index contributed by atoms with van der Waals surface area (Å²) in [6.07, 6.45) is 1.28. The van der Waals surface area contributed by atoms with Crippen LogP contribution in [-0.4, -0.2) is 18.0 Å². The van der Waals surface area contributed by atoms with Crippen LogP contribution in [0, 0.1) is 24.4 Å². The van der Waals surface area contributed by atoms with Crippen molar-refractivity contribution < 1.29 is 22.7 Å². The number of methoxy groups -OCH3 is 1. The number of aryl methyl sites for hydroxylation is 1. The molecule has 0 saturated carbocycles. The van der Waals surface area contributed by atoms with Gasteiger partial charge in [-0.1, -0.05) is 6.07 Å². The third kappa shape index (κ3) is 4.06. The lowest BCUT2D eigenvalue weighted by Gasteiger charge is -2.11. The van der Waals surface area contributed by atoms with E-state index in [-0.39, 0.29) is 11.4 Å². The molecule has 0 radical (unpaired) electrons. The molecular weight excluding hydrogens is 371 g/mol. The Hall–Kier alpha value is -3.55. The number of carbonyl (C=O) groups is 1. The third-order valence-electron chi connectivity index (χ3n) is 3.91. The van der Waals surface area contributed by atoms with Crippen molar-refractivity contribution in [2.75, 3.05) is 17.7 Å². The minimum atomic E-state index is -1.57. The summed E-state index contributed by atoms with van der Waals surface area (Å²) in [5, 5.41) is 5.30. The van der Waals surface area contributed by atoms with E-state index in [0.29, 0.717) is 17.1 Å². The Morgan fingerprint density at radius 1 is 1.00 bits per heavy atom. The van der Waals surface area contributed by atoms with Crippen LogP contribution in [0.4, 0.5) is 30.2 Å². The first-order valence-electron chi connectivity index (χ1n) is 8.21. The number of benzene rings is 2. The predicted molar refractivity (Wildman–Crippen MR) is 99.5 cm³/mol. The van der Waals surface area contributed by atoms with Crippen molar-refractivity contribution in [3.63, 3.8) is 0 Å². The molecule has 3 rings (SSSR count). The molecule has 0 bridgehead atoms. The molecule has 0 atom stereocenters. The highest BCUT2D eigenvalue weighted by atomic mass is 19.2. The Labute approximate surface area is 159 Å². The van der Waals surface area contributed by atoms with Crippen molar-refractivity contribution in [2.45, 2.75) is 6.92 Å². The van der Waals surface area contributed by atoms with E-state index in [1.54, 1.807) is 12.1 Å². The lowest BCUT2D eigenvalue weighted by molar-refractivity contribution is 0.102. The van der Waals surface area contributed by atoms with Crippen LogP contribution in [0.2, 0.25) is 0 Å². The highest BCUT2D eigenvalue weighted by molar-refractivity contribution is 6.03. The molecule has 0 aliphatic carbocycles. The molecule has 28 heavy (non-hydrogen) atoms. The number of hydrogen-bond acceptors (Lipinski definition) is 4. The SMILES string of the molecule is COc1ccc(C)cc1NC(=O)c1ccc(Nc2ccc(F)c(F)c2F)cn1. The summed E-state index contributed by atoms with van der Waals surface area (Å²) in [6.45, 7) is 1.88. The van der Waals surface area contributed by atoms with E-state index < -0.39 is 23.4 Å².